The normalized spacial score (nSPS) is 10.7. The zero-order valence-electron chi connectivity index (χ0n) is 12.6. The topological polar surface area (TPSA) is 78.4 Å². The van der Waals surface area contributed by atoms with Gasteiger partial charge in [0.1, 0.15) is 22.9 Å². The van der Waals surface area contributed by atoms with Crippen LogP contribution in [0.15, 0.2) is 41.0 Å². The Morgan fingerprint density at radius 1 is 1.04 bits per heavy atom. The van der Waals surface area contributed by atoms with Gasteiger partial charge in [-0.3, -0.25) is 5.10 Å². The van der Waals surface area contributed by atoms with Gasteiger partial charge in [0.15, 0.2) is 5.75 Å². The van der Waals surface area contributed by atoms with Gasteiger partial charge >= 0.3 is 0 Å². The van der Waals surface area contributed by atoms with Crippen LogP contribution in [0, 0.1) is 13.8 Å². The van der Waals surface area contributed by atoms with Crippen LogP contribution in [0.4, 0.5) is 0 Å². The maximum absolute atomic E-state index is 10.1. The lowest BCUT2D eigenvalue weighted by Crippen LogP contribution is -1.90. The largest absolute Gasteiger partial charge is 0.507 e. The van der Waals surface area contributed by atoms with Gasteiger partial charge in [-0.1, -0.05) is 12.1 Å². The van der Waals surface area contributed by atoms with Gasteiger partial charge in [0.2, 0.25) is 0 Å². The molecule has 118 valence electrons. The predicted molar refractivity (Wildman–Crippen MR) is 91.0 cm³/mol. The van der Waals surface area contributed by atoms with Gasteiger partial charge in [-0.05, 0) is 53.0 Å². The van der Waals surface area contributed by atoms with E-state index < -0.39 is 0 Å². The van der Waals surface area contributed by atoms with Crippen LogP contribution < -0.4 is 4.74 Å². The molecule has 0 aliphatic rings. The van der Waals surface area contributed by atoms with Gasteiger partial charge in [-0.2, -0.15) is 5.10 Å². The molecule has 0 amide bonds. The number of aromatic hydroxyl groups is 2. The monoisotopic (exact) mass is 374 g/mol. The summed E-state index contributed by atoms with van der Waals surface area (Å²) in [7, 11) is 0. The highest BCUT2D eigenvalue weighted by Crippen LogP contribution is 2.41. The number of phenolic OH excluding ortho intramolecular Hbond substituents is 2. The summed E-state index contributed by atoms with van der Waals surface area (Å²) in [6.45, 7) is 3.95. The summed E-state index contributed by atoms with van der Waals surface area (Å²) in [6, 6.07) is 8.81. The molecule has 1 aromatic heterocycles. The molecule has 0 radical (unpaired) electrons. The second kappa shape index (κ2) is 5.96. The standard InChI is InChI=1S/C17H15BrN2O3/c1-9-3-4-10(2)15(5-9)23-16-8-19-20-17(16)11-6-12(18)14(22)7-13(11)21/h3-8,21-22H,1-2H3,(H,19,20). The molecule has 0 fully saturated rings. The van der Waals surface area contributed by atoms with Gasteiger partial charge in [0, 0.05) is 11.6 Å². The number of hydrogen-bond donors (Lipinski definition) is 3. The second-order valence-corrected chi connectivity index (χ2v) is 6.16. The zero-order chi connectivity index (χ0) is 16.6. The molecule has 3 rings (SSSR count). The third-order valence-corrected chi connectivity index (χ3v) is 4.14. The van der Waals surface area contributed by atoms with Gasteiger partial charge < -0.3 is 14.9 Å². The Bertz CT molecular complexity index is 874. The molecule has 3 aromatic rings. The molecule has 0 spiro atoms. The summed E-state index contributed by atoms with van der Waals surface area (Å²) in [6.07, 6.45) is 1.55. The summed E-state index contributed by atoms with van der Waals surface area (Å²) >= 11 is 3.24. The first kappa shape index (κ1) is 15.4. The number of phenols is 2. The molecule has 23 heavy (non-hydrogen) atoms. The van der Waals surface area contributed by atoms with E-state index in [4.69, 9.17) is 4.74 Å². The smallest absolute Gasteiger partial charge is 0.173 e. The van der Waals surface area contributed by atoms with E-state index in [0.29, 0.717) is 21.5 Å². The highest BCUT2D eigenvalue weighted by atomic mass is 79.9. The van der Waals surface area contributed by atoms with E-state index in [0.717, 1.165) is 16.9 Å². The molecule has 6 heteroatoms. The van der Waals surface area contributed by atoms with Gasteiger partial charge in [-0.25, -0.2) is 0 Å². The van der Waals surface area contributed by atoms with Crippen LogP contribution in [0.25, 0.3) is 11.3 Å². The van der Waals surface area contributed by atoms with Crippen molar-refractivity contribution in [3.05, 3.63) is 52.1 Å². The van der Waals surface area contributed by atoms with Crippen LogP contribution >= 0.6 is 15.9 Å². The van der Waals surface area contributed by atoms with Crippen LogP contribution in [0.3, 0.4) is 0 Å². The summed E-state index contributed by atoms with van der Waals surface area (Å²) < 4.78 is 6.43. The van der Waals surface area contributed by atoms with Crippen molar-refractivity contribution in [1.29, 1.82) is 0 Å². The Labute approximate surface area is 141 Å². The summed E-state index contributed by atoms with van der Waals surface area (Å²) in [5, 5.41) is 26.5. The number of aromatic nitrogens is 2. The third-order valence-electron chi connectivity index (χ3n) is 3.50. The fourth-order valence-corrected chi connectivity index (χ4v) is 2.58. The zero-order valence-corrected chi connectivity index (χ0v) is 14.2. The number of rotatable bonds is 3. The first-order valence-electron chi connectivity index (χ1n) is 6.96. The van der Waals surface area contributed by atoms with Crippen molar-refractivity contribution < 1.29 is 14.9 Å². The quantitative estimate of drug-likeness (QED) is 0.622. The number of aryl methyl sites for hydroxylation is 2. The molecule has 0 atom stereocenters. The van der Waals surface area contributed by atoms with Gasteiger partial charge in [0.25, 0.3) is 0 Å². The minimum Gasteiger partial charge on any atom is -0.507 e. The molecule has 0 aliphatic heterocycles. The Morgan fingerprint density at radius 3 is 2.61 bits per heavy atom. The van der Waals surface area contributed by atoms with Crippen molar-refractivity contribution >= 4 is 15.9 Å². The first-order valence-corrected chi connectivity index (χ1v) is 7.75. The third kappa shape index (κ3) is 3.03. The van der Waals surface area contributed by atoms with Gasteiger partial charge in [-0.15, -0.1) is 0 Å². The van der Waals surface area contributed by atoms with E-state index in [1.54, 1.807) is 12.3 Å². The molecule has 0 saturated heterocycles. The van der Waals surface area contributed by atoms with Crippen LogP contribution in [-0.2, 0) is 0 Å². The SMILES string of the molecule is Cc1ccc(C)c(Oc2cn[nH]c2-c2cc(Br)c(O)cc2O)c1. The fourth-order valence-electron chi connectivity index (χ4n) is 2.23. The minimum atomic E-state index is -0.0687. The summed E-state index contributed by atoms with van der Waals surface area (Å²) in [4.78, 5) is 0. The molecule has 0 saturated carbocycles. The highest BCUT2D eigenvalue weighted by molar-refractivity contribution is 9.10. The van der Waals surface area contributed by atoms with E-state index in [9.17, 15) is 10.2 Å². The number of H-pyrrole nitrogens is 1. The molecular weight excluding hydrogens is 360 g/mol. The molecular formula is C17H15BrN2O3. The van der Waals surface area contributed by atoms with Crippen LogP contribution in [0.1, 0.15) is 11.1 Å². The number of nitrogens with one attached hydrogen (secondary N) is 1. The van der Waals surface area contributed by atoms with Crippen molar-refractivity contribution in [2.24, 2.45) is 0 Å². The molecule has 2 aromatic carbocycles. The van der Waals surface area contributed by atoms with E-state index >= 15 is 0 Å². The Kier molecular flexibility index (Phi) is 4.00. The average Bonchev–Trinajstić information content (AvgIpc) is 2.95. The van der Waals surface area contributed by atoms with Crippen LogP contribution in [0.2, 0.25) is 0 Å². The maximum Gasteiger partial charge on any atom is 0.173 e. The summed E-state index contributed by atoms with van der Waals surface area (Å²) in [5.74, 6) is 1.11. The number of benzene rings is 2. The molecule has 1 heterocycles. The lowest BCUT2D eigenvalue weighted by Gasteiger charge is -2.11. The van der Waals surface area contributed by atoms with Crippen molar-refractivity contribution in [2.75, 3.05) is 0 Å². The number of halogens is 1. The molecule has 0 aliphatic carbocycles. The summed E-state index contributed by atoms with van der Waals surface area (Å²) in [5.41, 5.74) is 3.10. The average molecular weight is 375 g/mol. The minimum absolute atomic E-state index is 0.0391. The highest BCUT2D eigenvalue weighted by Gasteiger charge is 2.16. The van der Waals surface area contributed by atoms with Crippen molar-refractivity contribution in [1.82, 2.24) is 10.2 Å². The number of nitrogens with zero attached hydrogens (tertiary/aromatic N) is 1. The van der Waals surface area contributed by atoms with E-state index in [1.807, 2.05) is 32.0 Å². The fraction of sp³-hybridized carbons (Fsp3) is 0.118. The Morgan fingerprint density at radius 2 is 1.83 bits per heavy atom. The molecule has 3 N–H and O–H groups in total. The molecule has 5 nitrogen and oxygen atoms in total. The van der Waals surface area contributed by atoms with Crippen molar-refractivity contribution in [2.45, 2.75) is 13.8 Å². The maximum atomic E-state index is 10.1. The number of aromatic amines is 1. The Hall–Kier alpha value is -2.47. The first-order chi connectivity index (χ1) is 11.0. The molecule has 0 bridgehead atoms. The van der Waals surface area contributed by atoms with Crippen LogP contribution in [-0.4, -0.2) is 20.4 Å². The lowest BCUT2D eigenvalue weighted by molar-refractivity contribution is 0.448. The van der Waals surface area contributed by atoms with E-state index in [1.165, 1.54) is 6.07 Å². The van der Waals surface area contributed by atoms with E-state index in [-0.39, 0.29) is 11.5 Å². The Balaban J connectivity index is 2.03. The lowest BCUT2D eigenvalue weighted by atomic mass is 10.1. The second-order valence-electron chi connectivity index (χ2n) is 5.30. The number of ether oxygens (including phenoxy) is 1. The van der Waals surface area contributed by atoms with Crippen molar-refractivity contribution in [3.63, 3.8) is 0 Å². The van der Waals surface area contributed by atoms with Gasteiger partial charge in [0.05, 0.1) is 10.7 Å². The molecule has 0 unspecified atom stereocenters. The van der Waals surface area contributed by atoms with Crippen LogP contribution in [0.5, 0.6) is 23.0 Å². The number of hydrogen-bond acceptors (Lipinski definition) is 4. The predicted octanol–water partition coefficient (Wildman–Crippen LogP) is 4.66. The van der Waals surface area contributed by atoms with E-state index in [2.05, 4.69) is 26.1 Å². The van der Waals surface area contributed by atoms with Crippen molar-refractivity contribution in [3.8, 4) is 34.3 Å².